The van der Waals surface area contributed by atoms with Gasteiger partial charge in [0, 0.05) is 36.0 Å². The normalized spacial score (nSPS) is 28.3. The SMILES string of the molecule is CC(=O)OC[C@H]1O[C@@H]2C[C@@H](Nc3ccc(Br)cc32)[C@@H]1OC(C)=O. The van der Waals surface area contributed by atoms with Gasteiger partial charge in [-0.25, -0.2) is 0 Å². The lowest BCUT2D eigenvalue weighted by atomic mass is 9.87. The van der Waals surface area contributed by atoms with Crippen LogP contribution >= 0.6 is 15.9 Å². The van der Waals surface area contributed by atoms with E-state index in [2.05, 4.69) is 21.2 Å². The molecule has 1 aromatic carbocycles. The van der Waals surface area contributed by atoms with Crippen molar-refractivity contribution in [3.05, 3.63) is 28.2 Å². The van der Waals surface area contributed by atoms with Gasteiger partial charge in [-0.15, -0.1) is 0 Å². The molecule has 0 radical (unpaired) electrons. The average Bonchev–Trinajstić information content (AvgIpc) is 2.48. The molecule has 1 N–H and O–H groups in total. The number of fused-ring (bicyclic) bond motifs is 4. The first kappa shape index (κ1) is 16.3. The molecule has 0 spiro atoms. The number of halogens is 1. The number of nitrogens with one attached hydrogen (secondary N) is 1. The van der Waals surface area contributed by atoms with E-state index in [-0.39, 0.29) is 30.7 Å². The standard InChI is InChI=1S/C16H18BrNO5/c1-8(19)21-7-15-16(22-9(2)20)13-6-14(23-15)11-5-10(17)3-4-12(11)18-13/h3-5,13-16,18H,6-7H2,1-2H3/t13-,14-,15-,16+/m1/s1. The Hall–Kier alpha value is -1.60. The van der Waals surface area contributed by atoms with Gasteiger partial charge in [0.1, 0.15) is 12.7 Å². The van der Waals surface area contributed by atoms with E-state index in [4.69, 9.17) is 14.2 Å². The zero-order chi connectivity index (χ0) is 16.6. The van der Waals surface area contributed by atoms with Crippen LogP contribution < -0.4 is 5.32 Å². The minimum atomic E-state index is -0.500. The fourth-order valence-corrected chi connectivity index (χ4v) is 3.50. The van der Waals surface area contributed by atoms with Crippen molar-refractivity contribution in [3.8, 4) is 0 Å². The van der Waals surface area contributed by atoms with Gasteiger partial charge in [-0.3, -0.25) is 9.59 Å². The molecule has 1 aromatic rings. The van der Waals surface area contributed by atoms with Gasteiger partial charge in [-0.2, -0.15) is 0 Å². The maximum absolute atomic E-state index is 11.4. The Bertz CT molecular complexity index is 635. The number of hydrogen-bond acceptors (Lipinski definition) is 6. The van der Waals surface area contributed by atoms with Crippen LogP contribution in [-0.2, 0) is 23.8 Å². The molecule has 6 nitrogen and oxygen atoms in total. The fraction of sp³-hybridized carbons (Fsp3) is 0.500. The summed E-state index contributed by atoms with van der Waals surface area (Å²) in [6.45, 7) is 2.77. The molecule has 2 aliphatic heterocycles. The summed E-state index contributed by atoms with van der Waals surface area (Å²) in [6.07, 6.45) is -0.426. The van der Waals surface area contributed by atoms with Crippen molar-refractivity contribution >= 4 is 33.6 Å². The van der Waals surface area contributed by atoms with Gasteiger partial charge in [0.25, 0.3) is 0 Å². The summed E-state index contributed by atoms with van der Waals surface area (Å²) in [5.41, 5.74) is 2.02. The van der Waals surface area contributed by atoms with Gasteiger partial charge in [0.05, 0.1) is 12.1 Å². The predicted octanol–water partition coefficient (Wildman–Crippen LogP) is 2.57. The molecule has 23 heavy (non-hydrogen) atoms. The van der Waals surface area contributed by atoms with Crippen LogP contribution in [0.25, 0.3) is 0 Å². The highest BCUT2D eigenvalue weighted by molar-refractivity contribution is 9.10. The molecule has 0 aliphatic carbocycles. The van der Waals surface area contributed by atoms with Crippen LogP contribution in [0, 0.1) is 0 Å². The van der Waals surface area contributed by atoms with E-state index in [9.17, 15) is 9.59 Å². The molecular weight excluding hydrogens is 366 g/mol. The third kappa shape index (κ3) is 3.50. The molecule has 0 amide bonds. The van der Waals surface area contributed by atoms with Gasteiger partial charge in [0.2, 0.25) is 0 Å². The van der Waals surface area contributed by atoms with Crippen LogP contribution in [0.15, 0.2) is 22.7 Å². The second-order valence-electron chi connectivity index (χ2n) is 5.76. The van der Waals surface area contributed by atoms with Crippen LogP contribution in [-0.4, -0.2) is 36.8 Å². The third-order valence-corrected chi connectivity index (χ3v) is 4.52. The summed E-state index contributed by atoms with van der Waals surface area (Å²) in [6, 6.07) is 5.86. The second-order valence-corrected chi connectivity index (χ2v) is 6.67. The first-order valence-corrected chi connectivity index (χ1v) is 8.25. The number of hydrogen-bond donors (Lipinski definition) is 1. The average molecular weight is 384 g/mol. The maximum atomic E-state index is 11.4. The van der Waals surface area contributed by atoms with Crippen molar-refractivity contribution in [2.45, 2.75) is 44.6 Å². The lowest BCUT2D eigenvalue weighted by Gasteiger charge is -2.45. The lowest BCUT2D eigenvalue weighted by molar-refractivity contribution is -0.185. The molecule has 0 unspecified atom stereocenters. The summed E-state index contributed by atoms with van der Waals surface area (Å²) in [4.78, 5) is 22.5. The summed E-state index contributed by atoms with van der Waals surface area (Å²) < 4.78 is 17.6. The lowest BCUT2D eigenvalue weighted by Crippen LogP contribution is -2.54. The van der Waals surface area contributed by atoms with Crippen molar-refractivity contribution in [1.82, 2.24) is 0 Å². The number of ether oxygens (including phenoxy) is 3. The van der Waals surface area contributed by atoms with E-state index in [1.807, 2.05) is 18.2 Å². The van der Waals surface area contributed by atoms with Crippen LogP contribution in [0.3, 0.4) is 0 Å². The molecule has 3 rings (SSSR count). The predicted molar refractivity (Wildman–Crippen MR) is 86.0 cm³/mol. The molecule has 7 heteroatoms. The van der Waals surface area contributed by atoms with Crippen molar-refractivity contribution in [2.75, 3.05) is 11.9 Å². The van der Waals surface area contributed by atoms with E-state index in [0.29, 0.717) is 6.42 Å². The van der Waals surface area contributed by atoms with Crippen molar-refractivity contribution in [2.24, 2.45) is 0 Å². The van der Waals surface area contributed by atoms with E-state index in [1.165, 1.54) is 13.8 Å². The number of rotatable bonds is 3. The molecule has 4 atom stereocenters. The number of esters is 2. The van der Waals surface area contributed by atoms with Crippen LogP contribution in [0.5, 0.6) is 0 Å². The van der Waals surface area contributed by atoms with Gasteiger partial charge in [-0.05, 0) is 18.2 Å². The maximum Gasteiger partial charge on any atom is 0.303 e. The minimum Gasteiger partial charge on any atom is -0.463 e. The monoisotopic (exact) mass is 383 g/mol. The molecule has 1 saturated heterocycles. The summed E-state index contributed by atoms with van der Waals surface area (Å²) >= 11 is 3.47. The highest BCUT2D eigenvalue weighted by Crippen LogP contribution is 2.43. The third-order valence-electron chi connectivity index (χ3n) is 4.02. The van der Waals surface area contributed by atoms with E-state index in [0.717, 1.165) is 15.7 Å². The molecule has 2 bridgehead atoms. The van der Waals surface area contributed by atoms with Crippen LogP contribution in [0.2, 0.25) is 0 Å². The Labute approximate surface area is 142 Å². The van der Waals surface area contributed by atoms with Gasteiger partial charge >= 0.3 is 11.9 Å². The minimum absolute atomic E-state index is 0.0608. The molecular formula is C16H18BrNO5. The van der Waals surface area contributed by atoms with E-state index < -0.39 is 12.2 Å². The van der Waals surface area contributed by atoms with Crippen molar-refractivity contribution < 1.29 is 23.8 Å². The van der Waals surface area contributed by atoms with E-state index in [1.54, 1.807) is 0 Å². The number of carbonyl (C=O) groups is 2. The summed E-state index contributed by atoms with van der Waals surface area (Å²) in [5, 5.41) is 3.41. The molecule has 0 aromatic heterocycles. The quantitative estimate of drug-likeness (QED) is 0.808. The van der Waals surface area contributed by atoms with Gasteiger partial charge in [0.15, 0.2) is 6.10 Å². The van der Waals surface area contributed by atoms with Gasteiger partial charge < -0.3 is 19.5 Å². The summed E-state index contributed by atoms with van der Waals surface area (Å²) in [7, 11) is 0. The van der Waals surface area contributed by atoms with Crippen LogP contribution in [0.4, 0.5) is 5.69 Å². The molecule has 0 saturated carbocycles. The Morgan fingerprint density at radius 2 is 2.13 bits per heavy atom. The number of carbonyl (C=O) groups excluding carboxylic acids is 2. The molecule has 1 fully saturated rings. The Morgan fingerprint density at radius 1 is 1.35 bits per heavy atom. The van der Waals surface area contributed by atoms with Gasteiger partial charge in [-0.1, -0.05) is 15.9 Å². The first-order valence-electron chi connectivity index (χ1n) is 7.46. The van der Waals surface area contributed by atoms with Crippen molar-refractivity contribution in [1.29, 1.82) is 0 Å². The highest BCUT2D eigenvalue weighted by Gasteiger charge is 2.45. The molecule has 124 valence electrons. The molecule has 2 heterocycles. The first-order chi connectivity index (χ1) is 10.9. The Balaban J connectivity index is 1.87. The summed E-state index contributed by atoms with van der Waals surface area (Å²) in [5.74, 6) is -0.768. The topological polar surface area (TPSA) is 73.9 Å². The fourth-order valence-electron chi connectivity index (χ4n) is 3.12. The second kappa shape index (κ2) is 6.49. The molecule has 2 aliphatic rings. The Morgan fingerprint density at radius 3 is 2.83 bits per heavy atom. The smallest absolute Gasteiger partial charge is 0.303 e. The van der Waals surface area contributed by atoms with E-state index >= 15 is 0 Å². The zero-order valence-corrected chi connectivity index (χ0v) is 14.5. The highest BCUT2D eigenvalue weighted by atomic mass is 79.9. The Kier molecular flexibility index (Phi) is 4.59. The zero-order valence-electron chi connectivity index (χ0n) is 12.9. The van der Waals surface area contributed by atoms with Crippen LogP contribution in [0.1, 0.15) is 31.9 Å². The largest absolute Gasteiger partial charge is 0.463 e. The number of benzene rings is 1. The van der Waals surface area contributed by atoms with Crippen molar-refractivity contribution in [3.63, 3.8) is 0 Å². The number of anilines is 1.